The third kappa shape index (κ3) is 1.25. The Balaban J connectivity index is 2.63. The molecule has 2 rings (SSSR count). The van der Waals surface area contributed by atoms with E-state index in [9.17, 15) is 0 Å². The van der Waals surface area contributed by atoms with Crippen LogP contribution in [0, 0.1) is 6.92 Å². The first kappa shape index (κ1) is 8.68. The van der Waals surface area contributed by atoms with Crippen molar-refractivity contribution in [2.24, 2.45) is 5.90 Å². The summed E-state index contributed by atoms with van der Waals surface area (Å²) in [7, 11) is 0. The van der Waals surface area contributed by atoms with Crippen LogP contribution in [0.15, 0.2) is 11.6 Å². The van der Waals surface area contributed by atoms with Gasteiger partial charge >= 0.3 is 0 Å². The summed E-state index contributed by atoms with van der Waals surface area (Å²) in [6, 6.07) is 0. The Hall–Kier alpha value is -0.910. The number of aromatic nitrogens is 2. The lowest BCUT2D eigenvalue weighted by atomic mass is 10.2. The van der Waals surface area contributed by atoms with Crippen LogP contribution in [0.4, 0.5) is 0 Å². The Kier molecular flexibility index (Phi) is 2.07. The molecule has 0 aliphatic carbocycles. The first-order chi connectivity index (χ1) is 6.24. The van der Waals surface area contributed by atoms with Gasteiger partial charge in [0.1, 0.15) is 6.10 Å². The average Bonchev–Trinajstić information content (AvgIpc) is 2.62. The topological polar surface area (TPSA) is 52.5 Å². The second kappa shape index (κ2) is 3.10. The minimum Gasteiger partial charge on any atom is -0.295 e. The van der Waals surface area contributed by atoms with Crippen LogP contribution >= 0.6 is 11.3 Å². The highest BCUT2D eigenvalue weighted by Gasteiger charge is 2.15. The van der Waals surface area contributed by atoms with E-state index < -0.39 is 0 Å². The molecule has 13 heavy (non-hydrogen) atoms. The third-order valence-corrected chi connectivity index (χ3v) is 2.83. The van der Waals surface area contributed by atoms with Gasteiger partial charge in [-0.15, -0.1) is 11.3 Å². The minimum atomic E-state index is -0.121. The molecule has 4 nitrogen and oxygen atoms in total. The molecule has 2 aromatic heterocycles. The zero-order chi connectivity index (χ0) is 9.42. The Morgan fingerprint density at radius 3 is 3.15 bits per heavy atom. The largest absolute Gasteiger partial charge is 0.295 e. The van der Waals surface area contributed by atoms with Gasteiger partial charge in [-0.05, 0) is 13.8 Å². The summed E-state index contributed by atoms with van der Waals surface area (Å²) >= 11 is 1.61. The van der Waals surface area contributed by atoms with Gasteiger partial charge in [-0.3, -0.25) is 9.24 Å². The van der Waals surface area contributed by atoms with Crippen molar-refractivity contribution in [2.45, 2.75) is 20.0 Å². The highest BCUT2D eigenvalue weighted by molar-refractivity contribution is 7.15. The van der Waals surface area contributed by atoms with Crippen molar-refractivity contribution in [3.05, 3.63) is 23.0 Å². The summed E-state index contributed by atoms with van der Waals surface area (Å²) in [6.07, 6.45) is 1.86. The molecule has 1 unspecified atom stereocenters. The second-order valence-corrected chi connectivity index (χ2v) is 3.79. The number of thiazole rings is 1. The number of fused-ring (bicyclic) bond motifs is 1. The molecular formula is C8H11N3OS. The van der Waals surface area contributed by atoms with Gasteiger partial charge in [0.15, 0.2) is 4.96 Å². The number of hydrogen-bond acceptors (Lipinski definition) is 4. The Morgan fingerprint density at radius 2 is 2.46 bits per heavy atom. The van der Waals surface area contributed by atoms with Gasteiger partial charge in [0.25, 0.3) is 0 Å². The normalized spacial score (nSPS) is 13.8. The fraction of sp³-hybridized carbons (Fsp3) is 0.375. The van der Waals surface area contributed by atoms with E-state index in [1.54, 1.807) is 11.3 Å². The van der Waals surface area contributed by atoms with Crippen molar-refractivity contribution in [1.29, 1.82) is 0 Å². The fourth-order valence-corrected chi connectivity index (χ4v) is 2.23. The quantitative estimate of drug-likeness (QED) is 0.745. The van der Waals surface area contributed by atoms with E-state index in [-0.39, 0.29) is 6.10 Å². The molecule has 0 saturated heterocycles. The van der Waals surface area contributed by atoms with Gasteiger partial charge in [0.05, 0.1) is 11.4 Å². The van der Waals surface area contributed by atoms with E-state index in [4.69, 9.17) is 10.7 Å². The van der Waals surface area contributed by atoms with Gasteiger partial charge in [-0.2, -0.15) is 0 Å². The van der Waals surface area contributed by atoms with E-state index in [2.05, 4.69) is 4.98 Å². The molecule has 2 N–H and O–H groups in total. The molecule has 0 radical (unpaired) electrons. The highest BCUT2D eigenvalue weighted by atomic mass is 32.1. The maximum absolute atomic E-state index is 5.15. The Morgan fingerprint density at radius 1 is 1.69 bits per heavy atom. The van der Waals surface area contributed by atoms with E-state index >= 15 is 0 Å². The number of imidazole rings is 1. The zero-order valence-electron chi connectivity index (χ0n) is 7.52. The highest BCUT2D eigenvalue weighted by Crippen LogP contribution is 2.23. The van der Waals surface area contributed by atoms with Gasteiger partial charge in [0, 0.05) is 11.6 Å². The monoisotopic (exact) mass is 197 g/mol. The van der Waals surface area contributed by atoms with Crippen molar-refractivity contribution in [2.75, 3.05) is 0 Å². The lowest BCUT2D eigenvalue weighted by Crippen LogP contribution is -2.08. The van der Waals surface area contributed by atoms with E-state index in [1.807, 2.05) is 29.8 Å². The molecular weight excluding hydrogens is 186 g/mol. The van der Waals surface area contributed by atoms with E-state index in [0.29, 0.717) is 0 Å². The maximum atomic E-state index is 5.15. The van der Waals surface area contributed by atoms with Gasteiger partial charge < -0.3 is 0 Å². The number of nitrogens with two attached hydrogens (primary N) is 1. The minimum absolute atomic E-state index is 0.121. The molecule has 0 spiro atoms. The van der Waals surface area contributed by atoms with Crippen LogP contribution in [0.5, 0.6) is 0 Å². The number of aryl methyl sites for hydroxylation is 1. The van der Waals surface area contributed by atoms with E-state index in [0.717, 1.165) is 16.3 Å². The van der Waals surface area contributed by atoms with Crippen LogP contribution in [0.2, 0.25) is 0 Å². The van der Waals surface area contributed by atoms with Crippen LogP contribution in [0.1, 0.15) is 24.4 Å². The van der Waals surface area contributed by atoms with Crippen LogP contribution in [-0.2, 0) is 4.84 Å². The SMILES string of the molecule is Cc1nc2sccn2c1C(C)ON. The smallest absolute Gasteiger partial charge is 0.194 e. The lowest BCUT2D eigenvalue weighted by Gasteiger charge is -2.07. The third-order valence-electron chi connectivity index (χ3n) is 2.07. The molecule has 0 aromatic carbocycles. The summed E-state index contributed by atoms with van der Waals surface area (Å²) < 4.78 is 2.01. The van der Waals surface area contributed by atoms with Gasteiger partial charge in [-0.1, -0.05) is 0 Å². The molecule has 2 aromatic rings. The summed E-state index contributed by atoms with van der Waals surface area (Å²) in [4.78, 5) is 10.2. The van der Waals surface area contributed by atoms with Crippen LogP contribution in [-0.4, -0.2) is 9.38 Å². The van der Waals surface area contributed by atoms with Crippen molar-refractivity contribution in [3.8, 4) is 0 Å². The molecule has 0 saturated carbocycles. The number of hydrogen-bond donors (Lipinski definition) is 1. The van der Waals surface area contributed by atoms with Crippen molar-refractivity contribution >= 4 is 16.3 Å². The first-order valence-electron chi connectivity index (χ1n) is 4.01. The van der Waals surface area contributed by atoms with Gasteiger partial charge in [0.2, 0.25) is 0 Å². The Labute approximate surface area is 79.9 Å². The van der Waals surface area contributed by atoms with Crippen molar-refractivity contribution < 1.29 is 4.84 Å². The summed E-state index contributed by atoms with van der Waals surface area (Å²) in [6.45, 7) is 3.87. The van der Waals surface area contributed by atoms with Crippen LogP contribution in [0.25, 0.3) is 4.96 Å². The predicted molar refractivity (Wildman–Crippen MR) is 51.5 cm³/mol. The molecule has 0 aliphatic heterocycles. The fourth-order valence-electron chi connectivity index (χ4n) is 1.47. The first-order valence-corrected chi connectivity index (χ1v) is 4.89. The summed E-state index contributed by atoms with van der Waals surface area (Å²) in [5, 5.41) is 1.99. The maximum Gasteiger partial charge on any atom is 0.194 e. The van der Waals surface area contributed by atoms with E-state index in [1.165, 1.54) is 0 Å². The predicted octanol–water partition coefficient (Wildman–Crippen LogP) is 1.66. The van der Waals surface area contributed by atoms with Crippen molar-refractivity contribution in [3.63, 3.8) is 0 Å². The molecule has 1 atom stereocenters. The molecule has 0 fully saturated rings. The number of rotatable bonds is 2. The van der Waals surface area contributed by atoms with Crippen molar-refractivity contribution in [1.82, 2.24) is 9.38 Å². The second-order valence-electron chi connectivity index (χ2n) is 2.92. The molecule has 0 bridgehead atoms. The summed E-state index contributed by atoms with van der Waals surface area (Å²) in [5.41, 5.74) is 2.00. The Bertz CT molecular complexity index is 420. The van der Waals surface area contributed by atoms with Gasteiger partial charge in [-0.25, -0.2) is 10.9 Å². The molecule has 0 amide bonds. The van der Waals surface area contributed by atoms with Crippen LogP contribution in [0.3, 0.4) is 0 Å². The molecule has 70 valence electrons. The summed E-state index contributed by atoms with van der Waals surface area (Å²) in [5.74, 6) is 5.15. The molecule has 5 heteroatoms. The zero-order valence-corrected chi connectivity index (χ0v) is 8.34. The average molecular weight is 197 g/mol. The standard InChI is InChI=1S/C8H11N3OS/c1-5-7(6(2)12-9)11-3-4-13-8(11)10-5/h3-4,6H,9H2,1-2H3. The lowest BCUT2D eigenvalue weighted by molar-refractivity contribution is 0.0624. The number of nitrogens with zero attached hydrogens (tertiary/aromatic N) is 2. The molecule has 0 aliphatic rings. The van der Waals surface area contributed by atoms with Crippen LogP contribution < -0.4 is 5.90 Å². The molecule has 2 heterocycles.